The van der Waals surface area contributed by atoms with Gasteiger partial charge in [0.25, 0.3) is 0 Å². The molecule has 0 spiro atoms. The van der Waals surface area contributed by atoms with Gasteiger partial charge in [0.2, 0.25) is 5.88 Å². The van der Waals surface area contributed by atoms with Crippen LogP contribution in [0.4, 0.5) is 18.0 Å². The second-order valence-electron chi connectivity index (χ2n) is 5.58. The van der Waals surface area contributed by atoms with Crippen molar-refractivity contribution in [3.8, 4) is 11.6 Å². The monoisotopic (exact) mass is 353 g/mol. The van der Waals surface area contributed by atoms with E-state index in [2.05, 4.69) is 15.6 Å². The lowest BCUT2D eigenvalue weighted by molar-refractivity contribution is -0.137. The van der Waals surface area contributed by atoms with Gasteiger partial charge in [-0.2, -0.15) is 13.2 Å². The quantitative estimate of drug-likeness (QED) is 0.851. The van der Waals surface area contributed by atoms with Crippen molar-refractivity contribution in [2.45, 2.75) is 32.6 Å². The third-order valence-corrected chi connectivity index (χ3v) is 3.09. The Balaban J connectivity index is 2.12. The highest BCUT2D eigenvalue weighted by Crippen LogP contribution is 2.32. The molecule has 25 heavy (non-hydrogen) atoms. The van der Waals surface area contributed by atoms with E-state index in [-0.39, 0.29) is 30.2 Å². The number of rotatable bonds is 5. The molecule has 0 unspecified atom stereocenters. The molecule has 2 aromatic rings. The van der Waals surface area contributed by atoms with Gasteiger partial charge < -0.3 is 15.4 Å². The van der Waals surface area contributed by atoms with Crippen LogP contribution in [0.2, 0.25) is 0 Å². The van der Waals surface area contributed by atoms with Gasteiger partial charge in [-0.15, -0.1) is 0 Å². The number of nitrogens with zero attached hydrogens (tertiary/aromatic N) is 1. The normalized spacial score (nSPS) is 11.3. The van der Waals surface area contributed by atoms with Gasteiger partial charge in [0, 0.05) is 24.3 Å². The highest BCUT2D eigenvalue weighted by Gasteiger charge is 2.30. The summed E-state index contributed by atoms with van der Waals surface area (Å²) >= 11 is 0. The van der Waals surface area contributed by atoms with Gasteiger partial charge >= 0.3 is 12.2 Å². The second kappa shape index (κ2) is 7.87. The zero-order valence-corrected chi connectivity index (χ0v) is 13.7. The molecule has 2 N–H and O–H groups in total. The van der Waals surface area contributed by atoms with Gasteiger partial charge in [-0.05, 0) is 38.1 Å². The van der Waals surface area contributed by atoms with Crippen molar-refractivity contribution in [2.24, 2.45) is 0 Å². The predicted molar refractivity (Wildman–Crippen MR) is 86.3 cm³/mol. The molecule has 0 fully saturated rings. The number of halogens is 3. The van der Waals surface area contributed by atoms with Gasteiger partial charge in [-0.25, -0.2) is 9.78 Å². The minimum atomic E-state index is -4.46. The molecule has 1 heterocycles. The lowest BCUT2D eigenvalue weighted by atomic mass is 10.2. The number of carbonyl (C=O) groups is 1. The average molecular weight is 353 g/mol. The summed E-state index contributed by atoms with van der Waals surface area (Å²) in [5, 5.41) is 5.31. The minimum absolute atomic E-state index is 0.0152. The van der Waals surface area contributed by atoms with Crippen molar-refractivity contribution in [3.63, 3.8) is 0 Å². The smallest absolute Gasteiger partial charge is 0.416 e. The Kier molecular flexibility index (Phi) is 5.84. The van der Waals surface area contributed by atoms with Crippen LogP contribution in [0, 0.1) is 0 Å². The maximum atomic E-state index is 12.8. The molecule has 0 bridgehead atoms. The summed E-state index contributed by atoms with van der Waals surface area (Å²) in [5.74, 6) is 0.146. The molecule has 0 saturated carbocycles. The standard InChI is InChI=1S/C17H18F3N3O2/c1-11(2)23-16(24)22-10-12-5-4-8-21-15(12)25-14-7-3-6-13(9-14)17(18,19)20/h3-9,11H,10H2,1-2H3,(H2,22,23,24). The third kappa shape index (κ3) is 5.66. The summed E-state index contributed by atoms with van der Waals surface area (Å²) in [6.07, 6.45) is -3.00. The molecule has 0 aliphatic heterocycles. The van der Waals surface area contributed by atoms with Gasteiger partial charge in [-0.1, -0.05) is 12.1 Å². The van der Waals surface area contributed by atoms with E-state index in [1.54, 1.807) is 12.1 Å². The molecule has 2 rings (SSSR count). The maximum absolute atomic E-state index is 12.8. The highest BCUT2D eigenvalue weighted by molar-refractivity contribution is 5.74. The second-order valence-corrected chi connectivity index (χ2v) is 5.58. The van der Waals surface area contributed by atoms with Crippen molar-refractivity contribution in [3.05, 3.63) is 53.7 Å². The molecule has 1 aromatic heterocycles. The first-order valence-electron chi connectivity index (χ1n) is 7.59. The van der Waals surface area contributed by atoms with Crippen molar-refractivity contribution in [2.75, 3.05) is 0 Å². The van der Waals surface area contributed by atoms with Gasteiger partial charge in [0.15, 0.2) is 0 Å². The first kappa shape index (κ1) is 18.6. The van der Waals surface area contributed by atoms with Crippen LogP contribution in [-0.2, 0) is 12.7 Å². The third-order valence-electron chi connectivity index (χ3n) is 3.09. The van der Waals surface area contributed by atoms with Gasteiger partial charge in [-0.3, -0.25) is 0 Å². The van der Waals surface area contributed by atoms with Crippen LogP contribution in [0.3, 0.4) is 0 Å². The van der Waals surface area contributed by atoms with Crippen molar-refractivity contribution < 1.29 is 22.7 Å². The molecule has 5 nitrogen and oxygen atoms in total. The number of nitrogens with one attached hydrogen (secondary N) is 2. The van der Waals surface area contributed by atoms with E-state index < -0.39 is 11.7 Å². The summed E-state index contributed by atoms with van der Waals surface area (Å²) < 4.78 is 43.8. The van der Waals surface area contributed by atoms with Gasteiger partial charge in [0.1, 0.15) is 5.75 Å². The Bertz CT molecular complexity index is 733. The summed E-state index contributed by atoms with van der Waals surface area (Å²) in [6.45, 7) is 3.78. The number of hydrogen-bond acceptors (Lipinski definition) is 3. The number of aromatic nitrogens is 1. The summed E-state index contributed by atoms with van der Waals surface area (Å²) in [7, 11) is 0. The molecule has 0 aliphatic rings. The number of ether oxygens (including phenoxy) is 1. The number of alkyl halides is 3. The number of amides is 2. The molecule has 2 amide bonds. The number of benzene rings is 1. The number of pyridine rings is 1. The van der Waals surface area contributed by atoms with E-state index >= 15 is 0 Å². The van der Waals surface area contributed by atoms with E-state index in [0.717, 1.165) is 12.1 Å². The first-order valence-corrected chi connectivity index (χ1v) is 7.59. The Morgan fingerprint density at radius 1 is 1.24 bits per heavy atom. The Morgan fingerprint density at radius 3 is 2.68 bits per heavy atom. The molecule has 134 valence electrons. The lowest BCUT2D eigenvalue weighted by Crippen LogP contribution is -2.39. The lowest BCUT2D eigenvalue weighted by Gasteiger charge is -2.13. The molecule has 0 aliphatic carbocycles. The zero-order chi connectivity index (χ0) is 18.4. The SMILES string of the molecule is CC(C)NC(=O)NCc1cccnc1Oc1cccc(C(F)(F)F)c1. The Hall–Kier alpha value is -2.77. The molecular formula is C17H18F3N3O2. The molecule has 1 aromatic carbocycles. The van der Waals surface area contributed by atoms with Crippen LogP contribution in [0.1, 0.15) is 25.0 Å². The number of urea groups is 1. The Morgan fingerprint density at radius 2 is 2.00 bits per heavy atom. The van der Waals surface area contributed by atoms with Crippen molar-refractivity contribution in [1.82, 2.24) is 15.6 Å². The van der Waals surface area contributed by atoms with Gasteiger partial charge in [0.05, 0.1) is 5.56 Å². The number of hydrogen-bond donors (Lipinski definition) is 2. The summed E-state index contributed by atoms with van der Waals surface area (Å²) in [6, 6.07) is 7.48. The topological polar surface area (TPSA) is 63.2 Å². The maximum Gasteiger partial charge on any atom is 0.416 e. The molecule has 0 saturated heterocycles. The molecular weight excluding hydrogens is 335 g/mol. The van der Waals surface area contributed by atoms with Crippen LogP contribution in [0.5, 0.6) is 11.6 Å². The highest BCUT2D eigenvalue weighted by atomic mass is 19.4. The summed E-state index contributed by atoms with van der Waals surface area (Å²) in [5.41, 5.74) is -0.268. The van der Waals surface area contributed by atoms with E-state index in [9.17, 15) is 18.0 Å². The average Bonchev–Trinajstić information content (AvgIpc) is 2.53. The van der Waals surface area contributed by atoms with Crippen molar-refractivity contribution in [1.29, 1.82) is 0 Å². The van der Waals surface area contributed by atoms with Crippen LogP contribution in [-0.4, -0.2) is 17.1 Å². The minimum Gasteiger partial charge on any atom is -0.439 e. The van der Waals surface area contributed by atoms with Crippen LogP contribution < -0.4 is 15.4 Å². The zero-order valence-electron chi connectivity index (χ0n) is 13.7. The first-order chi connectivity index (χ1) is 11.8. The van der Waals surface area contributed by atoms with Crippen LogP contribution in [0.15, 0.2) is 42.6 Å². The van der Waals surface area contributed by atoms with E-state index in [0.29, 0.717) is 5.56 Å². The fraction of sp³-hybridized carbons (Fsp3) is 0.294. The van der Waals surface area contributed by atoms with Crippen molar-refractivity contribution >= 4 is 6.03 Å². The molecule has 0 radical (unpaired) electrons. The largest absolute Gasteiger partial charge is 0.439 e. The fourth-order valence-electron chi connectivity index (χ4n) is 1.99. The van der Waals surface area contributed by atoms with E-state index in [4.69, 9.17) is 4.74 Å². The van der Waals surface area contributed by atoms with Crippen LogP contribution in [0.25, 0.3) is 0 Å². The molecule has 0 atom stereocenters. The van der Waals surface area contributed by atoms with E-state index in [1.165, 1.54) is 18.3 Å². The number of carbonyl (C=O) groups excluding carboxylic acids is 1. The Labute approximate surface area is 143 Å². The molecule has 8 heteroatoms. The van der Waals surface area contributed by atoms with Crippen LogP contribution >= 0.6 is 0 Å². The predicted octanol–water partition coefficient (Wildman–Crippen LogP) is 4.10. The fourth-order valence-corrected chi connectivity index (χ4v) is 1.99. The van der Waals surface area contributed by atoms with E-state index in [1.807, 2.05) is 13.8 Å². The summed E-state index contributed by atoms with van der Waals surface area (Å²) in [4.78, 5) is 15.7.